The summed E-state index contributed by atoms with van der Waals surface area (Å²) in [6.07, 6.45) is 0. The Kier molecular flexibility index (Phi) is 3.71. The number of carbonyl (C=O) groups excluding carboxylic acids is 1. The highest BCUT2D eigenvalue weighted by Crippen LogP contribution is 2.29. The molecule has 0 aliphatic rings. The highest BCUT2D eigenvalue weighted by molar-refractivity contribution is 9.10. The second kappa shape index (κ2) is 5.27. The van der Waals surface area contributed by atoms with Crippen LogP contribution in [0, 0.1) is 5.82 Å². The van der Waals surface area contributed by atoms with Gasteiger partial charge in [-0.2, -0.15) is 0 Å². The van der Waals surface area contributed by atoms with Gasteiger partial charge in [0.15, 0.2) is 0 Å². The van der Waals surface area contributed by atoms with Crippen molar-refractivity contribution in [1.82, 2.24) is 0 Å². The number of amides is 1. The van der Waals surface area contributed by atoms with Gasteiger partial charge in [0.25, 0.3) is 5.91 Å². The molecule has 2 aromatic carbocycles. The van der Waals surface area contributed by atoms with Crippen LogP contribution in [0.15, 0.2) is 40.9 Å². The average molecular weight is 324 g/mol. The third-order valence-electron chi connectivity index (χ3n) is 2.55. The molecular formula is C13H11BrFN3O. The first-order chi connectivity index (χ1) is 8.99. The fourth-order valence-corrected chi connectivity index (χ4v) is 2.00. The number of anilines is 3. The van der Waals surface area contributed by atoms with Crippen LogP contribution in [-0.2, 0) is 0 Å². The molecule has 6 heteroatoms. The Morgan fingerprint density at radius 1 is 1.26 bits per heavy atom. The summed E-state index contributed by atoms with van der Waals surface area (Å²) in [6, 6.07) is 9.16. The van der Waals surface area contributed by atoms with E-state index in [1.54, 1.807) is 24.3 Å². The van der Waals surface area contributed by atoms with Crippen LogP contribution in [0.2, 0.25) is 0 Å². The molecule has 0 saturated heterocycles. The van der Waals surface area contributed by atoms with Gasteiger partial charge in [0.1, 0.15) is 5.82 Å². The van der Waals surface area contributed by atoms with E-state index in [9.17, 15) is 9.18 Å². The molecule has 0 aromatic heterocycles. The summed E-state index contributed by atoms with van der Waals surface area (Å²) in [5.41, 5.74) is 12.1. The zero-order chi connectivity index (χ0) is 14.0. The number of primary amides is 1. The minimum atomic E-state index is -0.634. The Bertz CT molecular complexity index is 646. The van der Waals surface area contributed by atoms with Crippen molar-refractivity contribution in [2.24, 2.45) is 5.73 Å². The van der Waals surface area contributed by atoms with Crippen LogP contribution >= 0.6 is 15.9 Å². The summed E-state index contributed by atoms with van der Waals surface area (Å²) < 4.78 is 14.4. The maximum Gasteiger partial charge on any atom is 0.250 e. The lowest BCUT2D eigenvalue weighted by molar-refractivity contribution is 0.100. The van der Waals surface area contributed by atoms with Crippen LogP contribution in [0.25, 0.3) is 0 Å². The molecule has 0 unspecified atom stereocenters. The normalized spacial score (nSPS) is 10.2. The van der Waals surface area contributed by atoms with Gasteiger partial charge >= 0.3 is 0 Å². The van der Waals surface area contributed by atoms with Gasteiger partial charge in [-0.25, -0.2) is 4.39 Å². The Morgan fingerprint density at radius 3 is 2.68 bits per heavy atom. The van der Waals surface area contributed by atoms with Gasteiger partial charge < -0.3 is 16.8 Å². The molecule has 5 N–H and O–H groups in total. The minimum Gasteiger partial charge on any atom is -0.397 e. The monoisotopic (exact) mass is 323 g/mol. The molecule has 98 valence electrons. The summed E-state index contributed by atoms with van der Waals surface area (Å²) in [5, 5.41) is 2.80. The Labute approximate surface area is 117 Å². The van der Waals surface area contributed by atoms with E-state index >= 15 is 0 Å². The van der Waals surface area contributed by atoms with E-state index in [0.717, 1.165) is 0 Å². The van der Waals surface area contributed by atoms with Gasteiger partial charge in [0.05, 0.1) is 22.6 Å². The highest BCUT2D eigenvalue weighted by atomic mass is 79.9. The van der Waals surface area contributed by atoms with Crippen molar-refractivity contribution in [3.05, 3.63) is 52.3 Å². The number of nitrogen functional groups attached to an aromatic ring is 1. The van der Waals surface area contributed by atoms with Crippen molar-refractivity contribution in [2.75, 3.05) is 11.1 Å². The lowest BCUT2D eigenvalue weighted by atomic mass is 10.1. The van der Waals surface area contributed by atoms with Crippen molar-refractivity contribution in [3.8, 4) is 0 Å². The fourth-order valence-electron chi connectivity index (χ4n) is 1.64. The summed E-state index contributed by atoms with van der Waals surface area (Å²) >= 11 is 3.25. The smallest absolute Gasteiger partial charge is 0.250 e. The van der Waals surface area contributed by atoms with Crippen LogP contribution in [0.5, 0.6) is 0 Å². The zero-order valence-electron chi connectivity index (χ0n) is 9.78. The van der Waals surface area contributed by atoms with Crippen LogP contribution in [0.4, 0.5) is 21.5 Å². The lowest BCUT2D eigenvalue weighted by Gasteiger charge is -2.13. The molecule has 0 atom stereocenters. The van der Waals surface area contributed by atoms with E-state index in [1.807, 2.05) is 0 Å². The van der Waals surface area contributed by atoms with E-state index in [2.05, 4.69) is 21.2 Å². The van der Waals surface area contributed by atoms with Crippen LogP contribution in [0.3, 0.4) is 0 Å². The van der Waals surface area contributed by atoms with Crippen LogP contribution in [0.1, 0.15) is 10.4 Å². The molecule has 0 bridgehead atoms. The molecule has 2 aromatic rings. The number of hydrogen-bond donors (Lipinski definition) is 3. The number of nitrogens with one attached hydrogen (secondary N) is 1. The molecule has 0 spiro atoms. The van der Waals surface area contributed by atoms with Crippen LogP contribution in [-0.4, -0.2) is 5.91 Å². The van der Waals surface area contributed by atoms with Gasteiger partial charge in [-0.15, -0.1) is 0 Å². The van der Waals surface area contributed by atoms with E-state index in [4.69, 9.17) is 11.5 Å². The van der Waals surface area contributed by atoms with E-state index < -0.39 is 11.7 Å². The lowest BCUT2D eigenvalue weighted by Crippen LogP contribution is -2.14. The highest BCUT2D eigenvalue weighted by Gasteiger charge is 2.13. The molecule has 0 radical (unpaired) electrons. The fraction of sp³-hybridized carbons (Fsp3) is 0. The molecule has 0 saturated carbocycles. The Morgan fingerprint density at radius 2 is 2.00 bits per heavy atom. The number of nitrogens with two attached hydrogens (primary N) is 2. The second-order valence-corrected chi connectivity index (χ2v) is 4.80. The predicted molar refractivity (Wildman–Crippen MR) is 76.8 cm³/mol. The van der Waals surface area contributed by atoms with Gasteiger partial charge in [-0.05, 0) is 30.3 Å². The first kappa shape index (κ1) is 13.4. The Balaban J connectivity index is 2.49. The van der Waals surface area contributed by atoms with Crippen molar-refractivity contribution < 1.29 is 9.18 Å². The molecule has 2 rings (SSSR count). The maximum absolute atomic E-state index is 13.7. The first-order valence-electron chi connectivity index (χ1n) is 5.39. The van der Waals surface area contributed by atoms with Crippen molar-refractivity contribution in [1.29, 1.82) is 0 Å². The standard InChI is InChI=1S/C13H11BrFN3O/c14-7-4-5-9(15)11(6-7)18-12-8(13(17)19)2-1-3-10(12)16/h1-6,18H,16H2,(H2,17,19). The zero-order valence-corrected chi connectivity index (χ0v) is 11.4. The van der Waals surface area contributed by atoms with Gasteiger partial charge in [-0.3, -0.25) is 4.79 Å². The molecule has 4 nitrogen and oxygen atoms in total. The third kappa shape index (κ3) is 2.85. The number of benzene rings is 2. The maximum atomic E-state index is 13.7. The molecule has 0 heterocycles. The number of halogens is 2. The molecule has 1 amide bonds. The van der Waals surface area contributed by atoms with E-state index in [0.29, 0.717) is 15.8 Å². The number of rotatable bonds is 3. The molecule has 19 heavy (non-hydrogen) atoms. The molecular weight excluding hydrogens is 313 g/mol. The summed E-state index contributed by atoms with van der Waals surface area (Å²) in [5.74, 6) is -1.09. The third-order valence-corrected chi connectivity index (χ3v) is 3.04. The average Bonchev–Trinajstić information content (AvgIpc) is 2.35. The first-order valence-corrected chi connectivity index (χ1v) is 6.18. The SMILES string of the molecule is NC(=O)c1cccc(N)c1Nc1cc(Br)ccc1F. The Hall–Kier alpha value is -2.08. The van der Waals surface area contributed by atoms with Crippen molar-refractivity contribution in [2.45, 2.75) is 0 Å². The van der Waals surface area contributed by atoms with E-state index in [1.165, 1.54) is 12.1 Å². The molecule has 0 fully saturated rings. The van der Waals surface area contributed by atoms with Gasteiger partial charge in [0, 0.05) is 4.47 Å². The van der Waals surface area contributed by atoms with E-state index in [-0.39, 0.29) is 11.3 Å². The largest absolute Gasteiger partial charge is 0.397 e. The minimum absolute atomic E-state index is 0.203. The number of para-hydroxylation sites is 1. The summed E-state index contributed by atoms with van der Waals surface area (Å²) in [4.78, 5) is 11.3. The van der Waals surface area contributed by atoms with Gasteiger partial charge in [0.2, 0.25) is 0 Å². The topological polar surface area (TPSA) is 81.1 Å². The molecule has 0 aliphatic carbocycles. The quantitative estimate of drug-likeness (QED) is 0.759. The number of carbonyl (C=O) groups is 1. The second-order valence-electron chi connectivity index (χ2n) is 3.88. The van der Waals surface area contributed by atoms with Gasteiger partial charge in [-0.1, -0.05) is 22.0 Å². The van der Waals surface area contributed by atoms with Crippen molar-refractivity contribution >= 4 is 38.9 Å². The summed E-state index contributed by atoms with van der Waals surface area (Å²) in [6.45, 7) is 0. The number of hydrogen-bond acceptors (Lipinski definition) is 3. The predicted octanol–water partition coefficient (Wildman–Crippen LogP) is 3.01. The van der Waals surface area contributed by atoms with Crippen LogP contribution < -0.4 is 16.8 Å². The molecule has 0 aliphatic heterocycles. The summed E-state index contributed by atoms with van der Waals surface area (Å²) in [7, 11) is 0. The van der Waals surface area contributed by atoms with Crippen molar-refractivity contribution in [3.63, 3.8) is 0 Å².